The molecule has 0 spiro atoms. The number of alkyl halides is 2. The van der Waals surface area contributed by atoms with Crippen molar-refractivity contribution >= 4 is 29.1 Å². The summed E-state index contributed by atoms with van der Waals surface area (Å²) in [6.07, 6.45) is 0.114. The summed E-state index contributed by atoms with van der Waals surface area (Å²) < 4.78 is 28.6. The van der Waals surface area contributed by atoms with Crippen molar-refractivity contribution in [1.29, 1.82) is 0 Å². The Labute approximate surface area is 159 Å². The van der Waals surface area contributed by atoms with Crippen LogP contribution in [0, 0.1) is 5.92 Å². The van der Waals surface area contributed by atoms with Crippen LogP contribution < -0.4 is 10.1 Å². The Kier molecular flexibility index (Phi) is 5.91. The number of carbonyl (C=O) groups excluding carboxylic acids is 2. The first-order chi connectivity index (χ1) is 12.9. The number of likely N-dealkylation sites (tertiary alicyclic amines) is 1. The standard InChI is InChI=1S/C19H17ClF2N2O3/c20-16-4-2-1-3-12(16)10-24-11-13(9-17(24)25)18(26)23-14-5-7-15(8-6-14)27-19(21)22/h1-8,13,19H,9-11H2,(H,23,26). The molecular formula is C19H17ClF2N2O3. The molecule has 1 heterocycles. The van der Waals surface area contributed by atoms with Gasteiger partial charge in [-0.2, -0.15) is 8.78 Å². The number of amides is 2. The van der Waals surface area contributed by atoms with Gasteiger partial charge in [-0.3, -0.25) is 9.59 Å². The fourth-order valence-corrected chi connectivity index (χ4v) is 3.09. The number of halogens is 3. The van der Waals surface area contributed by atoms with Crippen molar-refractivity contribution in [2.75, 3.05) is 11.9 Å². The van der Waals surface area contributed by atoms with Gasteiger partial charge in [-0.15, -0.1) is 0 Å². The van der Waals surface area contributed by atoms with E-state index in [1.165, 1.54) is 24.3 Å². The first-order valence-corrected chi connectivity index (χ1v) is 8.67. The largest absolute Gasteiger partial charge is 0.435 e. The molecule has 1 aliphatic rings. The molecule has 2 aromatic rings. The second-order valence-corrected chi connectivity index (χ2v) is 6.57. The summed E-state index contributed by atoms with van der Waals surface area (Å²) in [7, 11) is 0. The van der Waals surface area contributed by atoms with E-state index >= 15 is 0 Å². The molecule has 142 valence electrons. The van der Waals surface area contributed by atoms with Gasteiger partial charge in [0.2, 0.25) is 11.8 Å². The van der Waals surface area contributed by atoms with Crippen molar-refractivity contribution in [2.45, 2.75) is 19.6 Å². The molecule has 1 aliphatic heterocycles. The highest BCUT2D eigenvalue weighted by molar-refractivity contribution is 6.31. The van der Waals surface area contributed by atoms with Gasteiger partial charge in [-0.05, 0) is 35.9 Å². The summed E-state index contributed by atoms with van der Waals surface area (Å²) in [5, 5.41) is 3.27. The van der Waals surface area contributed by atoms with Crippen LogP contribution in [0.25, 0.3) is 0 Å². The van der Waals surface area contributed by atoms with Crippen molar-refractivity contribution in [3.8, 4) is 5.75 Å². The lowest BCUT2D eigenvalue weighted by molar-refractivity contribution is -0.128. The molecule has 8 heteroatoms. The topological polar surface area (TPSA) is 58.6 Å². The van der Waals surface area contributed by atoms with Gasteiger partial charge in [-0.25, -0.2) is 0 Å². The van der Waals surface area contributed by atoms with Crippen LogP contribution in [0.3, 0.4) is 0 Å². The minimum atomic E-state index is -2.90. The number of hydrogen-bond acceptors (Lipinski definition) is 3. The lowest BCUT2D eigenvalue weighted by Crippen LogP contribution is -2.28. The zero-order valence-corrected chi connectivity index (χ0v) is 15.0. The van der Waals surface area contributed by atoms with Crippen LogP contribution in [0.15, 0.2) is 48.5 Å². The molecular weight excluding hydrogens is 378 g/mol. The van der Waals surface area contributed by atoms with Crippen molar-refractivity contribution < 1.29 is 23.1 Å². The second kappa shape index (κ2) is 8.35. The maximum atomic E-state index is 12.4. The lowest BCUT2D eigenvalue weighted by atomic mass is 10.1. The van der Waals surface area contributed by atoms with Crippen LogP contribution in [0.1, 0.15) is 12.0 Å². The molecule has 5 nitrogen and oxygen atoms in total. The molecule has 2 amide bonds. The molecule has 1 fully saturated rings. The molecule has 3 rings (SSSR count). The summed E-state index contributed by atoms with van der Waals surface area (Å²) in [5.41, 5.74) is 1.27. The molecule has 1 unspecified atom stereocenters. The van der Waals surface area contributed by atoms with E-state index in [9.17, 15) is 18.4 Å². The molecule has 0 saturated carbocycles. The normalized spacial score (nSPS) is 16.7. The molecule has 1 N–H and O–H groups in total. The predicted molar refractivity (Wildman–Crippen MR) is 96.7 cm³/mol. The van der Waals surface area contributed by atoms with Crippen LogP contribution in [0.2, 0.25) is 5.02 Å². The summed E-state index contributed by atoms with van der Waals surface area (Å²) in [6.45, 7) is -2.26. The molecule has 27 heavy (non-hydrogen) atoms. The third kappa shape index (κ3) is 4.95. The summed E-state index contributed by atoms with van der Waals surface area (Å²) >= 11 is 6.13. The van der Waals surface area contributed by atoms with E-state index in [0.29, 0.717) is 23.8 Å². The molecule has 0 aliphatic carbocycles. The fraction of sp³-hybridized carbons (Fsp3) is 0.263. The Morgan fingerprint density at radius 2 is 1.93 bits per heavy atom. The molecule has 0 bridgehead atoms. The minimum Gasteiger partial charge on any atom is -0.435 e. The Hall–Kier alpha value is -2.67. The van der Waals surface area contributed by atoms with E-state index < -0.39 is 12.5 Å². The monoisotopic (exact) mass is 394 g/mol. The number of rotatable bonds is 6. The number of ether oxygens (including phenoxy) is 1. The van der Waals surface area contributed by atoms with E-state index in [4.69, 9.17) is 11.6 Å². The average molecular weight is 395 g/mol. The number of carbonyl (C=O) groups is 2. The van der Waals surface area contributed by atoms with Gasteiger partial charge < -0.3 is 15.0 Å². The highest BCUT2D eigenvalue weighted by atomic mass is 35.5. The van der Waals surface area contributed by atoms with Crippen molar-refractivity contribution in [3.63, 3.8) is 0 Å². The van der Waals surface area contributed by atoms with Crippen LogP contribution >= 0.6 is 11.6 Å². The molecule has 2 aromatic carbocycles. The van der Waals surface area contributed by atoms with Gasteiger partial charge >= 0.3 is 6.61 Å². The molecule has 0 aromatic heterocycles. The number of hydrogen-bond donors (Lipinski definition) is 1. The number of anilines is 1. The zero-order chi connectivity index (χ0) is 19.4. The average Bonchev–Trinajstić information content (AvgIpc) is 2.99. The van der Waals surface area contributed by atoms with Crippen LogP contribution in [-0.2, 0) is 16.1 Å². The first kappa shape index (κ1) is 19.1. The van der Waals surface area contributed by atoms with Gasteiger partial charge in [0, 0.05) is 30.2 Å². The maximum Gasteiger partial charge on any atom is 0.387 e. The van der Waals surface area contributed by atoms with Crippen molar-refractivity contribution in [2.24, 2.45) is 5.92 Å². The second-order valence-electron chi connectivity index (χ2n) is 6.16. The first-order valence-electron chi connectivity index (χ1n) is 8.29. The Balaban J connectivity index is 1.58. The van der Waals surface area contributed by atoms with E-state index in [1.54, 1.807) is 11.0 Å². The van der Waals surface area contributed by atoms with Crippen LogP contribution in [0.4, 0.5) is 14.5 Å². The van der Waals surface area contributed by atoms with E-state index in [-0.39, 0.29) is 24.0 Å². The summed E-state index contributed by atoms with van der Waals surface area (Å²) in [5.74, 6) is -0.898. The van der Waals surface area contributed by atoms with E-state index in [2.05, 4.69) is 10.1 Å². The van der Waals surface area contributed by atoms with Gasteiger partial charge in [0.15, 0.2) is 0 Å². The molecule has 1 saturated heterocycles. The highest BCUT2D eigenvalue weighted by Crippen LogP contribution is 2.25. The Bertz CT molecular complexity index is 830. The molecule has 1 atom stereocenters. The molecule has 0 radical (unpaired) electrons. The van der Waals surface area contributed by atoms with Gasteiger partial charge in [0.05, 0.1) is 5.92 Å². The Morgan fingerprint density at radius 3 is 2.59 bits per heavy atom. The van der Waals surface area contributed by atoms with Crippen LogP contribution in [-0.4, -0.2) is 29.9 Å². The maximum absolute atomic E-state index is 12.4. The zero-order valence-electron chi connectivity index (χ0n) is 14.2. The number of benzene rings is 2. The van der Waals surface area contributed by atoms with Crippen molar-refractivity contribution in [1.82, 2.24) is 4.90 Å². The third-order valence-corrected chi connectivity index (χ3v) is 4.62. The van der Waals surface area contributed by atoms with Gasteiger partial charge in [0.1, 0.15) is 5.75 Å². The smallest absolute Gasteiger partial charge is 0.387 e. The van der Waals surface area contributed by atoms with E-state index in [1.807, 2.05) is 18.2 Å². The summed E-state index contributed by atoms with van der Waals surface area (Å²) in [4.78, 5) is 26.2. The predicted octanol–water partition coefficient (Wildman–Crippen LogP) is 3.93. The van der Waals surface area contributed by atoms with Gasteiger partial charge in [-0.1, -0.05) is 29.8 Å². The number of nitrogens with one attached hydrogen (secondary N) is 1. The third-order valence-electron chi connectivity index (χ3n) is 4.25. The lowest BCUT2D eigenvalue weighted by Gasteiger charge is -2.17. The highest BCUT2D eigenvalue weighted by Gasteiger charge is 2.34. The summed E-state index contributed by atoms with van der Waals surface area (Å²) in [6, 6.07) is 12.9. The minimum absolute atomic E-state index is 0.00459. The number of nitrogens with zero attached hydrogens (tertiary/aromatic N) is 1. The van der Waals surface area contributed by atoms with E-state index in [0.717, 1.165) is 5.56 Å². The fourth-order valence-electron chi connectivity index (χ4n) is 2.90. The Morgan fingerprint density at radius 1 is 1.22 bits per heavy atom. The quantitative estimate of drug-likeness (QED) is 0.807. The van der Waals surface area contributed by atoms with Gasteiger partial charge in [0.25, 0.3) is 0 Å². The van der Waals surface area contributed by atoms with Crippen molar-refractivity contribution in [3.05, 3.63) is 59.1 Å². The van der Waals surface area contributed by atoms with Crippen LogP contribution in [0.5, 0.6) is 5.75 Å². The SMILES string of the molecule is O=C(Nc1ccc(OC(F)F)cc1)C1CC(=O)N(Cc2ccccc2Cl)C1.